The van der Waals surface area contributed by atoms with Gasteiger partial charge in [0.1, 0.15) is 6.54 Å². The second-order valence-electron chi connectivity index (χ2n) is 9.43. The first-order chi connectivity index (χ1) is 16.7. The first-order valence-electron chi connectivity index (χ1n) is 12.5. The van der Waals surface area contributed by atoms with Crippen LogP contribution in [0.25, 0.3) is 6.08 Å². The Hall–Kier alpha value is -2.00. The van der Waals surface area contributed by atoms with Crippen LogP contribution in [0.15, 0.2) is 29.2 Å². The van der Waals surface area contributed by atoms with E-state index in [1.165, 1.54) is 23.9 Å². The van der Waals surface area contributed by atoms with Crippen molar-refractivity contribution in [2.24, 2.45) is 0 Å². The molecule has 194 valence electrons. The van der Waals surface area contributed by atoms with Gasteiger partial charge in [-0.2, -0.15) is 13.2 Å². The highest BCUT2D eigenvalue weighted by molar-refractivity contribution is 8.04. The van der Waals surface area contributed by atoms with Crippen molar-refractivity contribution in [1.29, 1.82) is 0 Å². The van der Waals surface area contributed by atoms with Crippen LogP contribution in [-0.4, -0.2) is 66.1 Å². The minimum Gasteiger partial charge on any atom is -0.355 e. The molecule has 0 aromatic heterocycles. The Bertz CT molecular complexity index is 889. The van der Waals surface area contributed by atoms with Crippen LogP contribution in [0.2, 0.25) is 0 Å². The maximum atomic E-state index is 13.3. The molecule has 2 unspecified atom stereocenters. The molecule has 9 heteroatoms. The van der Waals surface area contributed by atoms with Crippen LogP contribution in [0.5, 0.6) is 0 Å². The van der Waals surface area contributed by atoms with Crippen LogP contribution in [-0.2, 0) is 15.8 Å². The Morgan fingerprint density at radius 1 is 1.17 bits per heavy atom. The number of benzene rings is 1. The van der Waals surface area contributed by atoms with E-state index in [4.69, 9.17) is 0 Å². The van der Waals surface area contributed by atoms with E-state index >= 15 is 0 Å². The third kappa shape index (κ3) is 8.00. The van der Waals surface area contributed by atoms with Crippen LogP contribution in [0, 0.1) is 0 Å². The summed E-state index contributed by atoms with van der Waals surface area (Å²) < 4.78 is 38.6. The lowest BCUT2D eigenvalue weighted by Gasteiger charge is -2.43. The number of nitrogens with one attached hydrogen (secondary N) is 1. The van der Waals surface area contributed by atoms with E-state index in [0.717, 1.165) is 70.2 Å². The van der Waals surface area contributed by atoms with Gasteiger partial charge in [0.15, 0.2) is 0 Å². The molecular weight excluding hydrogens is 475 g/mol. The molecule has 1 aromatic carbocycles. The van der Waals surface area contributed by atoms with E-state index in [0.29, 0.717) is 17.0 Å². The molecule has 1 aromatic rings. The summed E-state index contributed by atoms with van der Waals surface area (Å²) in [5, 5.41) is 3.15. The van der Waals surface area contributed by atoms with Crippen molar-refractivity contribution in [3.63, 3.8) is 0 Å². The van der Waals surface area contributed by atoms with Gasteiger partial charge in [-0.1, -0.05) is 38.3 Å². The minimum atomic E-state index is -4.40. The Balaban J connectivity index is 1.63. The van der Waals surface area contributed by atoms with Crippen LogP contribution >= 0.6 is 11.8 Å². The second-order valence-corrected chi connectivity index (χ2v) is 10.7. The van der Waals surface area contributed by atoms with E-state index < -0.39 is 11.7 Å². The summed E-state index contributed by atoms with van der Waals surface area (Å²) in [6, 6.07) is 4.82. The Labute approximate surface area is 210 Å². The number of alkyl halides is 3. The van der Waals surface area contributed by atoms with Gasteiger partial charge in [-0.15, -0.1) is 11.8 Å². The van der Waals surface area contributed by atoms with Crippen molar-refractivity contribution in [3.05, 3.63) is 40.3 Å². The Morgan fingerprint density at radius 3 is 2.54 bits per heavy atom. The molecular formula is C26H36F3N3O2S. The average molecular weight is 512 g/mol. The topological polar surface area (TPSA) is 52.7 Å². The quantitative estimate of drug-likeness (QED) is 0.348. The average Bonchev–Trinajstić information content (AvgIpc) is 2.83. The molecule has 2 atom stereocenters. The number of nitrogens with zero attached hydrogens (tertiary/aromatic N) is 2. The molecule has 2 amide bonds. The van der Waals surface area contributed by atoms with Crippen LogP contribution in [0.4, 0.5) is 13.2 Å². The summed E-state index contributed by atoms with van der Waals surface area (Å²) in [4.78, 5) is 30.4. The third-order valence-electron chi connectivity index (χ3n) is 6.60. The van der Waals surface area contributed by atoms with Crippen molar-refractivity contribution in [3.8, 4) is 0 Å². The molecule has 1 saturated carbocycles. The molecule has 1 N–H and O–H groups in total. The number of fused-ring (bicyclic) bond motifs is 1. The summed E-state index contributed by atoms with van der Waals surface area (Å²) >= 11 is 1.50. The number of thioether (sulfide) groups is 1. The fourth-order valence-corrected chi connectivity index (χ4v) is 6.08. The molecule has 35 heavy (non-hydrogen) atoms. The number of hydrogen-bond acceptors (Lipinski definition) is 4. The molecule has 1 aliphatic carbocycles. The minimum absolute atomic E-state index is 0.0105. The lowest BCUT2D eigenvalue weighted by molar-refractivity contribution is -0.137. The molecule has 2 fully saturated rings. The number of halogens is 3. The molecule has 5 nitrogen and oxygen atoms in total. The van der Waals surface area contributed by atoms with Crippen LogP contribution in [0.1, 0.15) is 63.0 Å². The normalized spacial score (nSPS) is 21.9. The van der Waals surface area contributed by atoms with Crippen molar-refractivity contribution < 1.29 is 22.8 Å². The fourth-order valence-electron chi connectivity index (χ4n) is 4.61. The number of amides is 2. The maximum absolute atomic E-state index is 13.3. The van der Waals surface area contributed by atoms with Crippen molar-refractivity contribution in [2.75, 3.05) is 33.2 Å². The number of hydrogen-bond donors (Lipinski definition) is 1. The van der Waals surface area contributed by atoms with Gasteiger partial charge in [-0.3, -0.25) is 9.59 Å². The molecule has 0 bridgehead atoms. The van der Waals surface area contributed by atoms with Gasteiger partial charge in [0, 0.05) is 17.8 Å². The van der Waals surface area contributed by atoms with Gasteiger partial charge < -0.3 is 15.1 Å². The van der Waals surface area contributed by atoms with E-state index in [1.54, 1.807) is 11.0 Å². The molecule has 1 heterocycles. The molecule has 1 saturated heterocycles. The van der Waals surface area contributed by atoms with Gasteiger partial charge in [0.2, 0.25) is 5.91 Å². The number of rotatable bonds is 10. The van der Waals surface area contributed by atoms with E-state index in [-0.39, 0.29) is 29.7 Å². The summed E-state index contributed by atoms with van der Waals surface area (Å²) in [6.45, 7) is 4.69. The zero-order chi connectivity index (χ0) is 25.4. The largest absolute Gasteiger partial charge is 0.416 e. The zero-order valence-electron chi connectivity index (χ0n) is 20.6. The predicted octanol–water partition coefficient (Wildman–Crippen LogP) is 5.17. The second kappa shape index (κ2) is 12.8. The van der Waals surface area contributed by atoms with Gasteiger partial charge >= 0.3 is 6.18 Å². The highest BCUT2D eigenvalue weighted by Gasteiger charge is 2.41. The monoisotopic (exact) mass is 511 g/mol. The van der Waals surface area contributed by atoms with Crippen LogP contribution < -0.4 is 5.32 Å². The van der Waals surface area contributed by atoms with Gasteiger partial charge in [0.05, 0.1) is 10.5 Å². The number of carbonyl (C=O) groups excluding carboxylic acids is 2. The molecule has 2 aliphatic rings. The number of unbranched alkanes of at least 4 members (excludes halogenated alkanes) is 1. The highest BCUT2D eigenvalue weighted by atomic mass is 32.2. The maximum Gasteiger partial charge on any atom is 0.416 e. The third-order valence-corrected chi connectivity index (χ3v) is 8.00. The lowest BCUT2D eigenvalue weighted by Crippen LogP contribution is -2.54. The summed E-state index contributed by atoms with van der Waals surface area (Å²) in [7, 11) is 2.08. The smallest absolute Gasteiger partial charge is 0.355 e. The lowest BCUT2D eigenvalue weighted by atomic mass is 9.93. The molecule has 0 radical (unpaired) electrons. The SMILES string of the molecule is CCCCN(C)CCCNC(=O)CN1C(=O)/C(=C/c2ccc(C(F)(F)F)cc2)SC2CCCCC21. The van der Waals surface area contributed by atoms with Gasteiger partial charge in [-0.25, -0.2) is 0 Å². The van der Waals surface area contributed by atoms with Crippen molar-refractivity contribution in [1.82, 2.24) is 15.1 Å². The van der Waals surface area contributed by atoms with Gasteiger partial charge in [-0.05, 0) is 69.6 Å². The highest BCUT2D eigenvalue weighted by Crippen LogP contribution is 2.42. The predicted molar refractivity (Wildman–Crippen MR) is 135 cm³/mol. The first kappa shape index (κ1) is 27.6. The summed E-state index contributed by atoms with van der Waals surface area (Å²) in [5.74, 6) is -0.382. The van der Waals surface area contributed by atoms with Crippen molar-refractivity contribution in [2.45, 2.75) is 69.3 Å². The van der Waals surface area contributed by atoms with Gasteiger partial charge in [0.25, 0.3) is 5.91 Å². The summed E-state index contributed by atoms with van der Waals surface area (Å²) in [6.07, 6.45) is 4.32. The van der Waals surface area contributed by atoms with E-state index in [2.05, 4.69) is 24.2 Å². The standard InChI is InChI=1S/C26H36F3N3O2S/c1-3-4-15-31(2)16-7-14-30-24(33)18-32-21-8-5-6-9-22(21)35-23(25(32)34)17-19-10-12-20(13-11-19)26(27,28)29/h10-13,17,21-22H,3-9,14-16,18H2,1-2H3,(H,30,33)/b23-17-. The van der Waals surface area contributed by atoms with E-state index in [9.17, 15) is 22.8 Å². The summed E-state index contributed by atoms with van der Waals surface area (Å²) in [5.41, 5.74) is -0.177. The Morgan fingerprint density at radius 2 is 1.86 bits per heavy atom. The number of carbonyl (C=O) groups is 2. The molecule has 3 rings (SSSR count). The zero-order valence-corrected chi connectivity index (χ0v) is 21.4. The molecule has 1 aliphatic heterocycles. The van der Waals surface area contributed by atoms with Crippen LogP contribution in [0.3, 0.4) is 0 Å². The fraction of sp³-hybridized carbons (Fsp3) is 0.615. The molecule has 0 spiro atoms. The Kier molecular flexibility index (Phi) is 10.1. The van der Waals surface area contributed by atoms with E-state index in [1.807, 2.05) is 0 Å². The van der Waals surface area contributed by atoms with Crippen molar-refractivity contribution >= 4 is 29.7 Å². The first-order valence-corrected chi connectivity index (χ1v) is 13.4.